The maximum atomic E-state index is 11.9. The number of benzene rings is 1. The first-order chi connectivity index (χ1) is 9.65. The van der Waals surface area contributed by atoms with Crippen molar-refractivity contribution >= 4 is 28.5 Å². The molecule has 0 unspecified atom stereocenters. The van der Waals surface area contributed by atoms with E-state index in [1.807, 2.05) is 12.1 Å². The number of aromatic nitrogens is 2. The van der Waals surface area contributed by atoms with Gasteiger partial charge in [0.1, 0.15) is 11.6 Å². The summed E-state index contributed by atoms with van der Waals surface area (Å²) in [5.74, 6) is -0.185. The van der Waals surface area contributed by atoms with E-state index in [-0.39, 0.29) is 27.4 Å². The van der Waals surface area contributed by atoms with E-state index in [2.05, 4.69) is 9.97 Å². The summed E-state index contributed by atoms with van der Waals surface area (Å²) < 4.78 is 0. The van der Waals surface area contributed by atoms with Crippen LogP contribution >= 0.6 is 23.4 Å². The zero-order valence-corrected chi connectivity index (χ0v) is 11.7. The van der Waals surface area contributed by atoms with Crippen molar-refractivity contribution in [2.75, 3.05) is 5.88 Å². The Bertz CT molecular complexity index is 738. The largest absolute Gasteiger partial charge is 0.300 e. The summed E-state index contributed by atoms with van der Waals surface area (Å²) in [6.07, 6.45) is 0. The summed E-state index contributed by atoms with van der Waals surface area (Å²) in [6, 6.07) is 10.7. The van der Waals surface area contributed by atoms with Crippen LogP contribution in [0.2, 0.25) is 0 Å². The molecule has 0 fully saturated rings. The molecule has 0 aliphatic heterocycles. The number of rotatable bonds is 3. The second kappa shape index (κ2) is 6.37. The Kier molecular flexibility index (Phi) is 4.56. The van der Waals surface area contributed by atoms with E-state index in [0.717, 1.165) is 11.8 Å². The normalized spacial score (nSPS) is 10.0. The number of alkyl halides is 1. The highest BCUT2D eigenvalue weighted by Crippen LogP contribution is 2.22. The highest BCUT2D eigenvalue weighted by atomic mass is 35.5. The number of carbonyl (C=O) groups excluding carboxylic acids is 1. The molecule has 0 aliphatic rings. The van der Waals surface area contributed by atoms with E-state index in [1.165, 1.54) is 0 Å². The number of carbonyl (C=O) groups is 1. The first-order valence-electron chi connectivity index (χ1n) is 5.52. The molecule has 5 nitrogen and oxygen atoms in total. The van der Waals surface area contributed by atoms with Gasteiger partial charge in [0.15, 0.2) is 5.16 Å². The number of nitrogens with zero attached hydrogens (tertiary/aromatic N) is 2. The zero-order chi connectivity index (χ0) is 14.5. The molecular formula is C13H8ClN3O2S. The molecule has 100 valence electrons. The van der Waals surface area contributed by atoms with Gasteiger partial charge in [-0.3, -0.25) is 14.6 Å². The van der Waals surface area contributed by atoms with Crippen LogP contribution in [-0.4, -0.2) is 21.0 Å². The SMILES string of the molecule is N#Cc1c(-c2ccccc2)nc(SC(=O)CCl)[nH]c1=O. The van der Waals surface area contributed by atoms with Gasteiger partial charge in [0.25, 0.3) is 5.56 Å². The summed E-state index contributed by atoms with van der Waals surface area (Å²) in [6.45, 7) is 0. The van der Waals surface area contributed by atoms with Gasteiger partial charge in [-0.25, -0.2) is 4.98 Å². The number of halogens is 1. The highest BCUT2D eigenvalue weighted by Gasteiger charge is 2.15. The van der Waals surface area contributed by atoms with Gasteiger partial charge in [-0.1, -0.05) is 30.3 Å². The van der Waals surface area contributed by atoms with E-state index in [9.17, 15) is 9.59 Å². The highest BCUT2D eigenvalue weighted by molar-refractivity contribution is 8.13. The lowest BCUT2D eigenvalue weighted by Crippen LogP contribution is -2.15. The third-order valence-corrected chi connectivity index (χ3v) is 3.54. The van der Waals surface area contributed by atoms with E-state index in [4.69, 9.17) is 16.9 Å². The van der Waals surface area contributed by atoms with Gasteiger partial charge in [-0.2, -0.15) is 5.26 Å². The Morgan fingerprint density at radius 2 is 2.10 bits per heavy atom. The van der Waals surface area contributed by atoms with Crippen LogP contribution in [0.4, 0.5) is 0 Å². The predicted octanol–water partition coefficient (Wildman–Crippen LogP) is 2.17. The van der Waals surface area contributed by atoms with Gasteiger partial charge in [-0.15, -0.1) is 11.6 Å². The smallest absolute Gasteiger partial charge is 0.270 e. The molecule has 0 amide bonds. The van der Waals surface area contributed by atoms with E-state index >= 15 is 0 Å². The van der Waals surface area contributed by atoms with Crippen molar-refractivity contribution in [1.29, 1.82) is 5.26 Å². The molecule has 1 heterocycles. The number of hydrogen-bond donors (Lipinski definition) is 1. The molecule has 0 saturated carbocycles. The van der Waals surface area contributed by atoms with Gasteiger partial charge in [0.05, 0.1) is 11.6 Å². The fourth-order valence-electron chi connectivity index (χ4n) is 1.54. The standard InChI is InChI=1S/C13H8ClN3O2S/c14-6-10(18)20-13-16-11(8-4-2-1-3-5-8)9(7-15)12(19)17-13/h1-5H,6H2,(H,16,17,19). The first-order valence-corrected chi connectivity index (χ1v) is 6.87. The van der Waals surface area contributed by atoms with Crippen LogP contribution in [0.15, 0.2) is 40.3 Å². The second-order valence-corrected chi connectivity index (χ2v) is 4.99. The lowest BCUT2D eigenvalue weighted by molar-refractivity contribution is -0.108. The van der Waals surface area contributed by atoms with Crippen LogP contribution in [0.25, 0.3) is 11.3 Å². The number of nitrogens with one attached hydrogen (secondary N) is 1. The number of aromatic amines is 1. The van der Waals surface area contributed by atoms with Crippen LogP contribution in [0.1, 0.15) is 5.56 Å². The van der Waals surface area contributed by atoms with Gasteiger partial charge < -0.3 is 0 Å². The summed E-state index contributed by atoms with van der Waals surface area (Å²) in [4.78, 5) is 29.7. The average molecular weight is 306 g/mol. The Morgan fingerprint density at radius 1 is 1.40 bits per heavy atom. The third-order valence-electron chi connectivity index (χ3n) is 2.38. The maximum Gasteiger partial charge on any atom is 0.270 e. The molecule has 0 atom stereocenters. The molecule has 0 radical (unpaired) electrons. The van der Waals surface area contributed by atoms with Crippen molar-refractivity contribution in [1.82, 2.24) is 9.97 Å². The van der Waals surface area contributed by atoms with Crippen molar-refractivity contribution < 1.29 is 4.79 Å². The molecule has 0 bridgehead atoms. The lowest BCUT2D eigenvalue weighted by atomic mass is 10.1. The fourth-order valence-corrected chi connectivity index (χ4v) is 2.26. The summed E-state index contributed by atoms with van der Waals surface area (Å²) in [7, 11) is 0. The van der Waals surface area contributed by atoms with Gasteiger partial charge in [-0.05, 0) is 11.8 Å². The van der Waals surface area contributed by atoms with E-state index < -0.39 is 5.56 Å². The Hall–Kier alpha value is -2.10. The van der Waals surface area contributed by atoms with Crippen LogP contribution in [0.3, 0.4) is 0 Å². The first kappa shape index (κ1) is 14.3. The van der Waals surface area contributed by atoms with Gasteiger partial charge >= 0.3 is 0 Å². The van der Waals surface area contributed by atoms with Crippen LogP contribution in [-0.2, 0) is 4.79 Å². The molecule has 2 aromatic rings. The Morgan fingerprint density at radius 3 is 2.70 bits per heavy atom. The van der Waals surface area contributed by atoms with Crippen LogP contribution < -0.4 is 5.56 Å². The predicted molar refractivity (Wildman–Crippen MR) is 76.6 cm³/mol. The van der Waals surface area contributed by atoms with Crippen molar-refractivity contribution in [2.24, 2.45) is 0 Å². The quantitative estimate of drug-likeness (QED) is 0.533. The maximum absolute atomic E-state index is 11.9. The second-order valence-electron chi connectivity index (χ2n) is 3.68. The molecular weight excluding hydrogens is 298 g/mol. The number of thioether (sulfide) groups is 1. The molecule has 1 aromatic carbocycles. The molecule has 0 aliphatic carbocycles. The Labute approximate surface area is 123 Å². The summed E-state index contributed by atoms with van der Waals surface area (Å²) in [5, 5.41) is 8.86. The topological polar surface area (TPSA) is 86.6 Å². The lowest BCUT2D eigenvalue weighted by Gasteiger charge is -2.05. The van der Waals surface area contributed by atoms with Crippen molar-refractivity contribution in [3.05, 3.63) is 46.2 Å². The zero-order valence-electron chi connectivity index (χ0n) is 10.1. The molecule has 20 heavy (non-hydrogen) atoms. The van der Waals surface area contributed by atoms with Gasteiger partial charge in [0.2, 0.25) is 5.12 Å². The fraction of sp³-hybridized carbons (Fsp3) is 0.0769. The molecule has 2 rings (SSSR count). The van der Waals surface area contributed by atoms with Crippen LogP contribution in [0.5, 0.6) is 0 Å². The molecule has 1 N–H and O–H groups in total. The minimum absolute atomic E-state index is 0.0844. The minimum atomic E-state index is -0.578. The molecule has 0 spiro atoms. The van der Waals surface area contributed by atoms with Crippen molar-refractivity contribution in [3.8, 4) is 17.3 Å². The number of H-pyrrole nitrogens is 1. The summed E-state index contributed by atoms with van der Waals surface area (Å²) >= 11 is 6.15. The van der Waals surface area contributed by atoms with Gasteiger partial charge in [0, 0.05) is 5.56 Å². The summed E-state index contributed by atoms with van der Waals surface area (Å²) in [5.41, 5.74) is 0.224. The Balaban J connectivity index is 2.57. The van der Waals surface area contributed by atoms with Crippen molar-refractivity contribution in [2.45, 2.75) is 5.16 Å². The van der Waals surface area contributed by atoms with E-state index in [0.29, 0.717) is 5.56 Å². The molecule has 0 saturated heterocycles. The average Bonchev–Trinajstić information content (AvgIpc) is 2.47. The number of nitriles is 1. The monoisotopic (exact) mass is 305 g/mol. The third kappa shape index (κ3) is 3.07. The van der Waals surface area contributed by atoms with E-state index in [1.54, 1.807) is 24.3 Å². The molecule has 1 aromatic heterocycles. The minimum Gasteiger partial charge on any atom is -0.300 e. The van der Waals surface area contributed by atoms with Crippen molar-refractivity contribution in [3.63, 3.8) is 0 Å². The molecule has 7 heteroatoms. The van der Waals surface area contributed by atoms with Crippen LogP contribution in [0, 0.1) is 11.3 Å². The number of hydrogen-bond acceptors (Lipinski definition) is 5.